The van der Waals surface area contributed by atoms with E-state index in [1.165, 1.54) is 6.07 Å². The van der Waals surface area contributed by atoms with E-state index in [9.17, 15) is 4.39 Å². The zero-order valence-corrected chi connectivity index (χ0v) is 13.2. The number of nitrogens with zero attached hydrogens (tertiary/aromatic N) is 2. The maximum atomic E-state index is 13.7. The van der Waals surface area contributed by atoms with Crippen LogP contribution in [0.15, 0.2) is 30.6 Å². The molecule has 0 bridgehead atoms. The molecule has 1 heterocycles. The Kier molecular flexibility index (Phi) is 5.76. The summed E-state index contributed by atoms with van der Waals surface area (Å²) in [5.41, 5.74) is 1.90. The van der Waals surface area contributed by atoms with Crippen molar-refractivity contribution in [3.8, 4) is 0 Å². The quantitative estimate of drug-likeness (QED) is 0.831. The van der Waals surface area contributed by atoms with E-state index in [2.05, 4.69) is 24.3 Å². The van der Waals surface area contributed by atoms with Gasteiger partial charge < -0.3 is 5.32 Å². The molecule has 0 spiro atoms. The van der Waals surface area contributed by atoms with E-state index in [4.69, 9.17) is 11.6 Å². The molecule has 1 aromatic heterocycles. The van der Waals surface area contributed by atoms with Crippen molar-refractivity contribution in [2.24, 2.45) is 0 Å². The molecular weight excluding hydrogens is 289 g/mol. The summed E-state index contributed by atoms with van der Waals surface area (Å²) in [7, 11) is 0. The van der Waals surface area contributed by atoms with E-state index in [-0.39, 0.29) is 11.1 Å². The zero-order chi connectivity index (χ0) is 15.2. The van der Waals surface area contributed by atoms with Gasteiger partial charge in [-0.1, -0.05) is 31.5 Å². The molecule has 1 aromatic carbocycles. The lowest BCUT2D eigenvalue weighted by molar-refractivity contribution is 0.580. The molecule has 0 amide bonds. The van der Waals surface area contributed by atoms with E-state index >= 15 is 0 Å². The third-order valence-corrected chi connectivity index (χ3v) is 3.62. The van der Waals surface area contributed by atoms with Crippen LogP contribution in [-0.2, 0) is 6.54 Å². The maximum Gasteiger partial charge on any atom is 0.142 e. The molecule has 0 aliphatic carbocycles. The molecule has 21 heavy (non-hydrogen) atoms. The van der Waals surface area contributed by atoms with Crippen LogP contribution >= 0.6 is 11.6 Å². The zero-order valence-electron chi connectivity index (χ0n) is 12.4. The predicted molar refractivity (Wildman–Crippen MR) is 84.1 cm³/mol. The molecule has 1 atom stereocenters. The van der Waals surface area contributed by atoms with Crippen LogP contribution in [0.3, 0.4) is 0 Å². The highest BCUT2D eigenvalue weighted by Gasteiger charge is 2.16. The summed E-state index contributed by atoms with van der Waals surface area (Å²) >= 11 is 5.77. The minimum absolute atomic E-state index is 0.0673. The largest absolute Gasteiger partial charge is 0.306 e. The molecule has 0 aliphatic rings. The van der Waals surface area contributed by atoms with Crippen LogP contribution in [0.25, 0.3) is 0 Å². The van der Waals surface area contributed by atoms with Crippen molar-refractivity contribution in [1.29, 1.82) is 0 Å². The van der Waals surface area contributed by atoms with Crippen molar-refractivity contribution in [3.05, 3.63) is 52.6 Å². The Balaban J connectivity index is 2.29. The molecule has 2 aromatic rings. The molecule has 0 fully saturated rings. The standard InChI is InChI=1S/C16H21ClFN3/c1-3-7-19-16(12-5-6-14(17)15(18)9-12)13-10-20-21(11-13)8-4-2/h5-6,9-11,16,19H,3-4,7-8H2,1-2H3. The van der Waals surface area contributed by atoms with E-state index in [1.807, 2.05) is 23.1 Å². The van der Waals surface area contributed by atoms with Gasteiger partial charge in [-0.25, -0.2) is 4.39 Å². The van der Waals surface area contributed by atoms with Gasteiger partial charge in [-0.05, 0) is 37.1 Å². The number of hydrogen-bond acceptors (Lipinski definition) is 2. The highest BCUT2D eigenvalue weighted by atomic mass is 35.5. The summed E-state index contributed by atoms with van der Waals surface area (Å²) in [6.45, 7) is 5.96. The monoisotopic (exact) mass is 309 g/mol. The molecule has 2 rings (SSSR count). The van der Waals surface area contributed by atoms with Gasteiger partial charge in [0.05, 0.1) is 17.3 Å². The first-order valence-corrected chi connectivity index (χ1v) is 7.74. The van der Waals surface area contributed by atoms with Crippen LogP contribution in [0.1, 0.15) is 43.9 Å². The number of halogens is 2. The topological polar surface area (TPSA) is 29.9 Å². The summed E-state index contributed by atoms with van der Waals surface area (Å²) in [6, 6.07) is 4.88. The second-order valence-electron chi connectivity index (χ2n) is 5.10. The summed E-state index contributed by atoms with van der Waals surface area (Å²) in [6.07, 6.45) is 5.90. The van der Waals surface area contributed by atoms with Crippen molar-refractivity contribution >= 4 is 11.6 Å². The fraction of sp³-hybridized carbons (Fsp3) is 0.438. The molecule has 0 radical (unpaired) electrons. The van der Waals surface area contributed by atoms with Crippen molar-refractivity contribution in [3.63, 3.8) is 0 Å². The Morgan fingerprint density at radius 3 is 2.76 bits per heavy atom. The Labute approximate surface area is 130 Å². The number of hydrogen-bond donors (Lipinski definition) is 1. The number of aryl methyl sites for hydroxylation is 1. The third kappa shape index (κ3) is 4.05. The lowest BCUT2D eigenvalue weighted by Crippen LogP contribution is -2.23. The van der Waals surface area contributed by atoms with Crippen molar-refractivity contribution in [2.45, 2.75) is 39.3 Å². The van der Waals surface area contributed by atoms with Crippen LogP contribution in [0.2, 0.25) is 5.02 Å². The molecule has 114 valence electrons. The smallest absolute Gasteiger partial charge is 0.142 e. The van der Waals surface area contributed by atoms with Gasteiger partial charge in [0.15, 0.2) is 0 Å². The number of aromatic nitrogens is 2. The molecule has 1 unspecified atom stereocenters. The molecule has 5 heteroatoms. The third-order valence-electron chi connectivity index (χ3n) is 3.31. The maximum absolute atomic E-state index is 13.7. The fourth-order valence-corrected chi connectivity index (χ4v) is 2.41. The second-order valence-corrected chi connectivity index (χ2v) is 5.50. The van der Waals surface area contributed by atoms with Gasteiger partial charge in [0.2, 0.25) is 0 Å². The van der Waals surface area contributed by atoms with Gasteiger partial charge in [0, 0.05) is 18.3 Å². The normalized spacial score (nSPS) is 12.6. The summed E-state index contributed by atoms with van der Waals surface area (Å²) in [5.74, 6) is -0.390. The molecular formula is C16H21ClFN3. The lowest BCUT2D eigenvalue weighted by atomic mass is 10.0. The molecule has 0 aliphatic heterocycles. The highest BCUT2D eigenvalue weighted by Crippen LogP contribution is 2.25. The predicted octanol–water partition coefficient (Wildman–Crippen LogP) is 4.17. The van der Waals surface area contributed by atoms with Gasteiger partial charge in [-0.15, -0.1) is 0 Å². The average molecular weight is 310 g/mol. The van der Waals surface area contributed by atoms with Crippen LogP contribution in [0.5, 0.6) is 0 Å². The summed E-state index contributed by atoms with van der Waals surface area (Å²) < 4.78 is 15.6. The van der Waals surface area contributed by atoms with Crippen LogP contribution in [-0.4, -0.2) is 16.3 Å². The van der Waals surface area contributed by atoms with Gasteiger partial charge in [-0.3, -0.25) is 4.68 Å². The van der Waals surface area contributed by atoms with Crippen molar-refractivity contribution < 1.29 is 4.39 Å². The van der Waals surface area contributed by atoms with Crippen LogP contribution in [0, 0.1) is 5.82 Å². The summed E-state index contributed by atoms with van der Waals surface area (Å²) in [4.78, 5) is 0. The lowest BCUT2D eigenvalue weighted by Gasteiger charge is -2.18. The van der Waals surface area contributed by atoms with Crippen molar-refractivity contribution in [2.75, 3.05) is 6.54 Å². The Hall–Kier alpha value is -1.39. The number of benzene rings is 1. The van der Waals surface area contributed by atoms with E-state index in [1.54, 1.807) is 6.07 Å². The minimum atomic E-state index is -0.390. The first kappa shape index (κ1) is 16.0. The van der Waals surface area contributed by atoms with Crippen LogP contribution in [0.4, 0.5) is 4.39 Å². The Bertz CT molecular complexity index is 583. The first-order chi connectivity index (χ1) is 10.2. The SMILES string of the molecule is CCCNC(c1ccc(Cl)c(F)c1)c1cnn(CCC)c1. The molecule has 3 nitrogen and oxygen atoms in total. The number of nitrogens with one attached hydrogen (secondary N) is 1. The minimum Gasteiger partial charge on any atom is -0.306 e. The van der Waals surface area contributed by atoms with Crippen LogP contribution < -0.4 is 5.32 Å². The van der Waals surface area contributed by atoms with Gasteiger partial charge in [0.1, 0.15) is 5.82 Å². The Morgan fingerprint density at radius 1 is 1.29 bits per heavy atom. The van der Waals surface area contributed by atoms with E-state index in [0.29, 0.717) is 0 Å². The molecule has 0 saturated carbocycles. The second kappa shape index (κ2) is 7.57. The fourth-order valence-electron chi connectivity index (χ4n) is 2.29. The summed E-state index contributed by atoms with van der Waals surface area (Å²) in [5, 5.41) is 7.95. The van der Waals surface area contributed by atoms with E-state index < -0.39 is 5.82 Å². The molecule has 0 saturated heterocycles. The van der Waals surface area contributed by atoms with E-state index in [0.717, 1.165) is 37.1 Å². The first-order valence-electron chi connectivity index (χ1n) is 7.36. The molecule has 1 N–H and O–H groups in total. The van der Waals surface area contributed by atoms with Gasteiger partial charge in [-0.2, -0.15) is 5.10 Å². The van der Waals surface area contributed by atoms with Gasteiger partial charge in [0.25, 0.3) is 0 Å². The number of rotatable bonds is 7. The Morgan fingerprint density at radius 2 is 2.10 bits per heavy atom. The highest BCUT2D eigenvalue weighted by molar-refractivity contribution is 6.30. The van der Waals surface area contributed by atoms with Crippen molar-refractivity contribution in [1.82, 2.24) is 15.1 Å². The average Bonchev–Trinajstić information content (AvgIpc) is 2.92. The van der Waals surface area contributed by atoms with Gasteiger partial charge >= 0.3 is 0 Å².